The van der Waals surface area contributed by atoms with Crippen LogP contribution in [0.2, 0.25) is 5.02 Å². The highest BCUT2D eigenvalue weighted by atomic mass is 35.5. The largest absolute Gasteiger partial charge is 0.450 e. The van der Waals surface area contributed by atoms with Crippen molar-refractivity contribution in [3.05, 3.63) is 68.7 Å². The van der Waals surface area contributed by atoms with Crippen LogP contribution in [0, 0.1) is 10.1 Å². The molecule has 150 valence electrons. The predicted molar refractivity (Wildman–Crippen MR) is 102 cm³/mol. The first-order valence-corrected chi connectivity index (χ1v) is 8.88. The summed E-state index contributed by atoms with van der Waals surface area (Å²) < 4.78 is 10.2. The summed E-state index contributed by atoms with van der Waals surface area (Å²) in [5, 5.41) is 13.1. The molecular weight excluding hydrogens is 404 g/mol. The second-order valence-corrected chi connectivity index (χ2v) is 6.65. The van der Waals surface area contributed by atoms with Gasteiger partial charge in [0.15, 0.2) is 6.10 Å². The Morgan fingerprint density at radius 3 is 2.72 bits per heavy atom. The number of nitrogens with one attached hydrogen (secondary N) is 1. The summed E-state index contributed by atoms with van der Waals surface area (Å²) in [7, 11) is 0. The van der Waals surface area contributed by atoms with E-state index in [1.54, 1.807) is 24.3 Å². The lowest BCUT2D eigenvalue weighted by Gasteiger charge is -2.24. The van der Waals surface area contributed by atoms with Crippen LogP contribution < -0.4 is 5.32 Å². The summed E-state index contributed by atoms with van der Waals surface area (Å²) in [6.45, 7) is 1.34. The van der Waals surface area contributed by atoms with E-state index in [-0.39, 0.29) is 22.8 Å². The third-order valence-corrected chi connectivity index (χ3v) is 4.55. The number of fused-ring (bicyclic) bond motifs is 1. The van der Waals surface area contributed by atoms with Gasteiger partial charge in [0.1, 0.15) is 0 Å². The maximum Gasteiger partial charge on any atom is 0.348 e. The molecule has 0 fully saturated rings. The first-order chi connectivity index (χ1) is 13.8. The maximum absolute atomic E-state index is 12.3. The summed E-state index contributed by atoms with van der Waals surface area (Å²) in [4.78, 5) is 46.7. The highest BCUT2D eigenvalue weighted by molar-refractivity contribution is 6.34. The molecule has 1 aliphatic heterocycles. The van der Waals surface area contributed by atoms with Gasteiger partial charge in [0.25, 0.3) is 11.6 Å². The predicted octanol–water partition coefficient (Wildman–Crippen LogP) is 2.90. The van der Waals surface area contributed by atoms with Gasteiger partial charge in [-0.05, 0) is 24.6 Å². The first-order valence-electron chi connectivity index (χ1n) is 8.50. The second-order valence-electron chi connectivity index (χ2n) is 6.24. The van der Waals surface area contributed by atoms with Crippen molar-refractivity contribution in [2.24, 2.45) is 0 Å². The Bertz CT molecular complexity index is 1010. The van der Waals surface area contributed by atoms with Crippen molar-refractivity contribution in [3.63, 3.8) is 0 Å². The minimum atomic E-state index is -1.22. The highest BCUT2D eigenvalue weighted by Gasteiger charge is 2.34. The Kier molecular flexibility index (Phi) is 5.79. The lowest BCUT2D eigenvalue weighted by molar-refractivity contribution is -0.384. The Hall–Kier alpha value is -3.46. The van der Waals surface area contributed by atoms with Crippen LogP contribution in [-0.4, -0.2) is 35.0 Å². The molecule has 0 spiro atoms. The topological polar surface area (TPSA) is 125 Å². The molecule has 9 nitrogen and oxygen atoms in total. The van der Waals surface area contributed by atoms with Gasteiger partial charge < -0.3 is 14.8 Å². The van der Waals surface area contributed by atoms with E-state index in [4.69, 9.17) is 21.1 Å². The number of nitro groups is 1. The maximum atomic E-state index is 12.3. The van der Waals surface area contributed by atoms with Crippen molar-refractivity contribution in [2.75, 3.05) is 5.32 Å². The minimum absolute atomic E-state index is 0.0381. The van der Waals surface area contributed by atoms with Crippen LogP contribution in [-0.2, 0) is 25.5 Å². The van der Waals surface area contributed by atoms with Gasteiger partial charge in [0.05, 0.1) is 21.2 Å². The summed E-state index contributed by atoms with van der Waals surface area (Å²) in [6, 6.07) is 10.3. The number of hydrogen-bond acceptors (Lipinski definition) is 7. The lowest BCUT2D eigenvalue weighted by Crippen LogP contribution is -2.39. The normalized spacial score (nSPS) is 16.2. The Balaban J connectivity index is 1.62. The Morgan fingerprint density at radius 1 is 1.31 bits per heavy atom. The molecule has 2 aromatic carbocycles. The number of non-ortho nitro benzene ring substituents is 1. The lowest BCUT2D eigenvalue weighted by atomic mass is 9.99. The zero-order valence-electron chi connectivity index (χ0n) is 15.1. The molecule has 3 rings (SSSR count). The third-order valence-electron chi connectivity index (χ3n) is 4.24. The van der Waals surface area contributed by atoms with Crippen LogP contribution in [0.5, 0.6) is 0 Å². The number of benzene rings is 2. The average molecular weight is 419 g/mol. The van der Waals surface area contributed by atoms with Crippen LogP contribution in [0.15, 0.2) is 42.5 Å². The molecule has 0 bridgehead atoms. The molecule has 0 radical (unpaired) electrons. The van der Waals surface area contributed by atoms with Gasteiger partial charge in [-0.2, -0.15) is 0 Å². The minimum Gasteiger partial charge on any atom is -0.450 e. The number of nitro benzene ring substituents is 1. The molecule has 1 N–H and O–H groups in total. The summed E-state index contributed by atoms with van der Waals surface area (Å²) in [6.07, 6.45) is -2.23. The van der Waals surface area contributed by atoms with Gasteiger partial charge in [-0.1, -0.05) is 29.8 Å². The van der Waals surface area contributed by atoms with Crippen LogP contribution in [0.25, 0.3) is 0 Å². The van der Waals surface area contributed by atoms with E-state index in [0.717, 1.165) is 6.07 Å². The van der Waals surface area contributed by atoms with E-state index in [9.17, 15) is 24.5 Å². The number of carbonyl (C=O) groups is 3. The highest BCUT2D eigenvalue weighted by Crippen LogP contribution is 2.27. The van der Waals surface area contributed by atoms with Crippen molar-refractivity contribution < 1.29 is 28.8 Å². The summed E-state index contributed by atoms with van der Waals surface area (Å²) in [5.41, 5.74) is 0.936. The molecule has 0 aliphatic carbocycles. The van der Waals surface area contributed by atoms with Gasteiger partial charge in [-0.15, -0.1) is 0 Å². The van der Waals surface area contributed by atoms with Gasteiger partial charge in [-0.3, -0.25) is 14.9 Å². The SMILES string of the molecule is C[C@H](OC(=O)[C@H]1Cc2ccccc2C(=O)O1)C(=O)Nc1ccc([N+](=O)[O-])cc1Cl. The number of anilines is 1. The molecule has 29 heavy (non-hydrogen) atoms. The fourth-order valence-electron chi connectivity index (χ4n) is 2.72. The summed E-state index contributed by atoms with van der Waals surface area (Å²) in [5.74, 6) is -2.19. The number of cyclic esters (lactones) is 1. The van der Waals surface area contributed by atoms with E-state index in [1.807, 2.05) is 0 Å². The number of esters is 2. The Morgan fingerprint density at radius 2 is 2.03 bits per heavy atom. The van der Waals surface area contributed by atoms with E-state index in [0.29, 0.717) is 11.1 Å². The van der Waals surface area contributed by atoms with Crippen molar-refractivity contribution in [2.45, 2.75) is 25.6 Å². The second kappa shape index (κ2) is 8.27. The van der Waals surface area contributed by atoms with E-state index >= 15 is 0 Å². The third kappa shape index (κ3) is 4.52. The standard InChI is InChI=1S/C19H15ClN2O7/c1-10(17(23)21-15-7-6-12(22(26)27)9-14(15)20)28-19(25)16-8-11-4-2-3-5-13(11)18(24)29-16/h2-7,9-10,16H,8H2,1H3,(H,21,23)/t10-,16+/m0/s1. The van der Waals surface area contributed by atoms with E-state index in [2.05, 4.69) is 5.32 Å². The molecule has 2 aromatic rings. The van der Waals surface area contributed by atoms with Crippen molar-refractivity contribution in [1.82, 2.24) is 0 Å². The Labute approximate surface area is 169 Å². The van der Waals surface area contributed by atoms with Crippen LogP contribution in [0.3, 0.4) is 0 Å². The average Bonchev–Trinajstić information content (AvgIpc) is 2.69. The van der Waals surface area contributed by atoms with Gasteiger partial charge in [0, 0.05) is 18.6 Å². The molecule has 0 aromatic heterocycles. The van der Waals surface area contributed by atoms with Gasteiger partial charge in [0.2, 0.25) is 6.10 Å². The zero-order valence-corrected chi connectivity index (χ0v) is 15.8. The number of rotatable bonds is 5. The molecule has 1 heterocycles. The molecule has 1 aliphatic rings. The molecule has 0 saturated heterocycles. The number of halogens is 1. The molecule has 10 heteroatoms. The van der Waals surface area contributed by atoms with E-state index in [1.165, 1.54) is 19.1 Å². The van der Waals surface area contributed by atoms with Crippen molar-refractivity contribution >= 4 is 40.8 Å². The van der Waals surface area contributed by atoms with Crippen molar-refractivity contribution in [1.29, 1.82) is 0 Å². The molecule has 0 saturated carbocycles. The number of carbonyl (C=O) groups excluding carboxylic acids is 3. The van der Waals surface area contributed by atoms with Crippen molar-refractivity contribution in [3.8, 4) is 0 Å². The molecule has 0 unspecified atom stereocenters. The first kappa shape index (κ1) is 20.3. The van der Waals surface area contributed by atoms with Gasteiger partial charge >= 0.3 is 11.9 Å². The number of hydrogen-bond donors (Lipinski definition) is 1. The monoisotopic (exact) mass is 418 g/mol. The van der Waals surface area contributed by atoms with Crippen LogP contribution in [0.1, 0.15) is 22.8 Å². The van der Waals surface area contributed by atoms with E-state index < -0.39 is 35.0 Å². The van der Waals surface area contributed by atoms with Crippen LogP contribution >= 0.6 is 11.6 Å². The number of nitrogens with zero attached hydrogens (tertiary/aromatic N) is 1. The quantitative estimate of drug-likeness (QED) is 0.449. The molecular formula is C19H15ClN2O7. The fourth-order valence-corrected chi connectivity index (χ4v) is 2.94. The smallest absolute Gasteiger partial charge is 0.348 e. The number of amides is 1. The zero-order chi connectivity index (χ0) is 21.1. The summed E-state index contributed by atoms with van der Waals surface area (Å²) >= 11 is 5.93. The van der Waals surface area contributed by atoms with Gasteiger partial charge in [-0.25, -0.2) is 9.59 Å². The molecule has 2 atom stereocenters. The van der Waals surface area contributed by atoms with Crippen LogP contribution in [0.4, 0.5) is 11.4 Å². The fraction of sp³-hybridized carbons (Fsp3) is 0.211. The number of ether oxygens (including phenoxy) is 2. The molecule has 1 amide bonds.